The molecule has 2 aromatic rings. The molecule has 3 rings (SSSR count). The maximum atomic E-state index is 12.5. The van der Waals surface area contributed by atoms with Crippen LogP contribution in [0.5, 0.6) is 0 Å². The van der Waals surface area contributed by atoms with E-state index in [4.69, 9.17) is 0 Å². The molecule has 0 saturated heterocycles. The number of hydrogen-bond donors (Lipinski definition) is 2. The van der Waals surface area contributed by atoms with Crippen molar-refractivity contribution in [2.75, 3.05) is 25.2 Å². The highest BCUT2D eigenvalue weighted by Crippen LogP contribution is 2.24. The monoisotopic (exact) mass is 389 g/mol. The average Bonchev–Trinajstić information content (AvgIpc) is 3.05. The first-order valence-electron chi connectivity index (χ1n) is 8.81. The molecular formula is C19H23N3O4S. The van der Waals surface area contributed by atoms with Gasteiger partial charge in [0.2, 0.25) is 10.0 Å². The number of rotatable bonds is 6. The van der Waals surface area contributed by atoms with Crippen LogP contribution in [0.4, 0.5) is 5.69 Å². The fourth-order valence-electron chi connectivity index (χ4n) is 3.12. The number of nitrogens with one attached hydrogen (secondary N) is 2. The quantitative estimate of drug-likeness (QED) is 0.791. The van der Waals surface area contributed by atoms with Crippen LogP contribution in [0.15, 0.2) is 30.5 Å². The van der Waals surface area contributed by atoms with E-state index >= 15 is 0 Å². The molecule has 1 amide bonds. The molecule has 0 spiro atoms. The molecule has 27 heavy (non-hydrogen) atoms. The summed E-state index contributed by atoms with van der Waals surface area (Å²) < 4.78 is 24.1. The Bertz CT molecular complexity index is 961. The molecule has 1 aromatic carbocycles. The lowest BCUT2D eigenvalue weighted by molar-refractivity contribution is 0.0956. The van der Waals surface area contributed by atoms with E-state index in [2.05, 4.69) is 10.3 Å². The number of H-pyrrole nitrogens is 1. The standard InChI is InChI=1S/C19H23N3O4S/c1-22(27(2,25)26)11-10-13-6-8-14(9-7-13)21-19(24)15-12-20-16-4-3-5-17(23)18(15)16/h6-9,12,20H,3-5,10-11H2,1-2H3,(H,21,24). The minimum Gasteiger partial charge on any atom is -0.364 e. The summed E-state index contributed by atoms with van der Waals surface area (Å²) in [5.41, 5.74) is 3.32. The van der Waals surface area contributed by atoms with E-state index in [1.807, 2.05) is 12.1 Å². The number of benzene rings is 1. The van der Waals surface area contributed by atoms with Crippen LogP contribution < -0.4 is 5.32 Å². The molecule has 0 radical (unpaired) electrons. The van der Waals surface area contributed by atoms with Gasteiger partial charge in [0, 0.05) is 37.6 Å². The molecule has 0 fully saturated rings. The molecule has 1 heterocycles. The highest BCUT2D eigenvalue weighted by Gasteiger charge is 2.25. The summed E-state index contributed by atoms with van der Waals surface area (Å²) in [4.78, 5) is 27.7. The highest BCUT2D eigenvalue weighted by atomic mass is 32.2. The van der Waals surface area contributed by atoms with Crippen molar-refractivity contribution >= 4 is 27.4 Å². The van der Waals surface area contributed by atoms with Gasteiger partial charge in [0.25, 0.3) is 5.91 Å². The number of carbonyl (C=O) groups excluding carboxylic acids is 2. The Morgan fingerprint density at radius 1 is 1.22 bits per heavy atom. The van der Waals surface area contributed by atoms with Crippen LogP contribution in [0.3, 0.4) is 0 Å². The molecule has 1 aromatic heterocycles. The summed E-state index contributed by atoms with van der Waals surface area (Å²) >= 11 is 0. The van der Waals surface area contributed by atoms with Crippen LogP contribution in [0, 0.1) is 0 Å². The van der Waals surface area contributed by atoms with Gasteiger partial charge in [0.1, 0.15) is 0 Å². The second-order valence-corrected chi connectivity index (χ2v) is 8.91. The fourth-order valence-corrected chi connectivity index (χ4v) is 3.54. The summed E-state index contributed by atoms with van der Waals surface area (Å²) in [6.07, 6.45) is 5.42. The second-order valence-electron chi connectivity index (χ2n) is 6.82. The number of aryl methyl sites for hydroxylation is 1. The van der Waals surface area contributed by atoms with E-state index < -0.39 is 10.0 Å². The van der Waals surface area contributed by atoms with Gasteiger partial charge in [-0.3, -0.25) is 9.59 Å². The number of amides is 1. The predicted octanol–water partition coefficient (Wildman–Crippen LogP) is 2.22. The van der Waals surface area contributed by atoms with Gasteiger partial charge in [-0.2, -0.15) is 0 Å². The Balaban J connectivity index is 1.64. The Morgan fingerprint density at radius 3 is 2.59 bits per heavy atom. The highest BCUT2D eigenvalue weighted by molar-refractivity contribution is 7.88. The van der Waals surface area contributed by atoms with Crippen LogP contribution >= 0.6 is 0 Å². The van der Waals surface area contributed by atoms with Gasteiger partial charge >= 0.3 is 0 Å². The zero-order valence-electron chi connectivity index (χ0n) is 15.4. The number of ketones is 1. The first kappa shape index (κ1) is 19.3. The second kappa shape index (κ2) is 7.66. The minimum absolute atomic E-state index is 0.00740. The van der Waals surface area contributed by atoms with Crippen molar-refractivity contribution in [1.82, 2.24) is 9.29 Å². The Hall–Kier alpha value is -2.45. The number of Topliss-reactive ketones (excluding diaryl/α,β-unsaturated/α-hetero) is 1. The SMILES string of the molecule is CN(CCc1ccc(NC(=O)c2c[nH]c3c2C(=O)CCC3)cc1)S(C)(=O)=O. The molecule has 0 atom stereocenters. The van der Waals surface area contributed by atoms with Gasteiger partial charge in [-0.05, 0) is 37.0 Å². The lowest BCUT2D eigenvalue weighted by Gasteiger charge is -2.14. The van der Waals surface area contributed by atoms with E-state index in [1.165, 1.54) is 10.6 Å². The molecule has 1 aliphatic rings. The fraction of sp³-hybridized carbons (Fsp3) is 0.368. The van der Waals surface area contributed by atoms with Crippen molar-refractivity contribution in [3.8, 4) is 0 Å². The van der Waals surface area contributed by atoms with Gasteiger partial charge in [-0.15, -0.1) is 0 Å². The number of hydrogen-bond acceptors (Lipinski definition) is 4. The van der Waals surface area contributed by atoms with Crippen LogP contribution in [0.2, 0.25) is 0 Å². The van der Waals surface area contributed by atoms with Crippen molar-refractivity contribution in [2.24, 2.45) is 0 Å². The molecule has 0 aliphatic heterocycles. The smallest absolute Gasteiger partial charge is 0.257 e. The number of aromatic nitrogens is 1. The zero-order valence-corrected chi connectivity index (χ0v) is 16.2. The number of anilines is 1. The third-order valence-corrected chi connectivity index (χ3v) is 6.12. The van der Waals surface area contributed by atoms with E-state index in [9.17, 15) is 18.0 Å². The van der Waals surface area contributed by atoms with Gasteiger partial charge in [0.15, 0.2) is 5.78 Å². The molecule has 144 valence electrons. The summed E-state index contributed by atoms with van der Waals surface area (Å²) in [7, 11) is -1.64. The molecule has 2 N–H and O–H groups in total. The Kier molecular flexibility index (Phi) is 5.48. The van der Waals surface area contributed by atoms with Gasteiger partial charge in [-0.25, -0.2) is 12.7 Å². The first-order valence-corrected chi connectivity index (χ1v) is 10.7. The molecule has 8 heteroatoms. The Labute approximate surface area is 158 Å². The average molecular weight is 389 g/mol. The summed E-state index contributed by atoms with van der Waals surface area (Å²) in [6, 6.07) is 7.25. The van der Waals surface area contributed by atoms with Crippen molar-refractivity contribution in [3.05, 3.63) is 52.8 Å². The van der Waals surface area contributed by atoms with Crippen LogP contribution in [-0.2, 0) is 22.9 Å². The normalized spacial score (nSPS) is 14.3. The third-order valence-electron chi connectivity index (χ3n) is 4.81. The van der Waals surface area contributed by atoms with E-state index in [0.29, 0.717) is 36.2 Å². The molecule has 1 aliphatic carbocycles. The van der Waals surface area contributed by atoms with Crippen molar-refractivity contribution in [1.29, 1.82) is 0 Å². The van der Waals surface area contributed by atoms with Gasteiger partial charge in [-0.1, -0.05) is 12.1 Å². The Morgan fingerprint density at radius 2 is 1.93 bits per heavy atom. The van der Waals surface area contributed by atoms with Crippen LogP contribution in [-0.4, -0.2) is 49.2 Å². The first-order chi connectivity index (χ1) is 12.8. The molecular weight excluding hydrogens is 366 g/mol. The van der Waals surface area contributed by atoms with Crippen molar-refractivity contribution in [3.63, 3.8) is 0 Å². The molecule has 7 nitrogen and oxygen atoms in total. The maximum absolute atomic E-state index is 12.5. The number of nitrogens with zero attached hydrogens (tertiary/aromatic N) is 1. The topological polar surface area (TPSA) is 99.3 Å². The summed E-state index contributed by atoms with van der Waals surface area (Å²) in [5.74, 6) is -0.305. The third kappa shape index (κ3) is 4.45. The molecule has 0 saturated carbocycles. The number of aromatic amines is 1. The van der Waals surface area contributed by atoms with Crippen molar-refractivity contribution in [2.45, 2.75) is 25.7 Å². The largest absolute Gasteiger partial charge is 0.364 e. The predicted molar refractivity (Wildman–Crippen MR) is 104 cm³/mol. The summed E-state index contributed by atoms with van der Waals surface area (Å²) in [5, 5.41) is 2.81. The van der Waals surface area contributed by atoms with E-state index in [1.54, 1.807) is 25.4 Å². The van der Waals surface area contributed by atoms with Crippen LogP contribution in [0.25, 0.3) is 0 Å². The number of sulfonamides is 1. The maximum Gasteiger partial charge on any atom is 0.257 e. The summed E-state index contributed by atoms with van der Waals surface area (Å²) in [6.45, 7) is 0.391. The number of carbonyl (C=O) groups is 2. The minimum atomic E-state index is -3.19. The lowest BCUT2D eigenvalue weighted by atomic mass is 9.93. The van der Waals surface area contributed by atoms with Crippen molar-refractivity contribution < 1.29 is 18.0 Å². The van der Waals surface area contributed by atoms with E-state index in [0.717, 1.165) is 24.1 Å². The van der Waals surface area contributed by atoms with Crippen LogP contribution in [0.1, 0.15) is 44.8 Å². The number of fused-ring (bicyclic) bond motifs is 1. The zero-order chi connectivity index (χ0) is 19.6. The molecule has 0 bridgehead atoms. The van der Waals surface area contributed by atoms with Gasteiger partial charge < -0.3 is 10.3 Å². The lowest BCUT2D eigenvalue weighted by Crippen LogP contribution is -2.27. The van der Waals surface area contributed by atoms with Gasteiger partial charge in [0.05, 0.1) is 17.4 Å². The van der Waals surface area contributed by atoms with E-state index in [-0.39, 0.29) is 11.7 Å². The molecule has 0 unspecified atom stereocenters. The number of likely N-dealkylation sites (N-methyl/N-ethyl adjacent to an activating group) is 1.